The van der Waals surface area contributed by atoms with Gasteiger partial charge in [0.25, 0.3) is 0 Å². The molecule has 0 spiro atoms. The molecule has 2 N–H and O–H groups in total. The highest BCUT2D eigenvalue weighted by Crippen LogP contribution is 2.27. The van der Waals surface area contributed by atoms with Crippen molar-refractivity contribution in [2.45, 2.75) is 37.0 Å². The van der Waals surface area contributed by atoms with Crippen molar-refractivity contribution in [2.75, 3.05) is 19.8 Å². The molecule has 3 rings (SSSR count). The lowest BCUT2D eigenvalue weighted by atomic mass is 10.1. The molecule has 1 fully saturated rings. The molecular weight excluding hydrogens is 330 g/mol. The fourth-order valence-corrected chi connectivity index (χ4v) is 4.03. The van der Waals surface area contributed by atoms with Crippen molar-refractivity contribution in [3.8, 4) is 5.69 Å². The van der Waals surface area contributed by atoms with Crippen LogP contribution in [0.4, 0.5) is 0 Å². The Labute approximate surface area is 154 Å². The van der Waals surface area contributed by atoms with E-state index in [2.05, 4.69) is 51.2 Å². The maximum atomic E-state index is 4.36. The molecule has 1 aromatic heterocycles. The second-order valence-corrected chi connectivity index (χ2v) is 7.52. The summed E-state index contributed by atoms with van der Waals surface area (Å²) in [6.07, 6.45) is 10.7. The zero-order valence-electron chi connectivity index (χ0n) is 15.0. The lowest BCUT2D eigenvalue weighted by Crippen LogP contribution is -2.43. The van der Waals surface area contributed by atoms with Gasteiger partial charge in [-0.25, -0.2) is 4.68 Å². The molecule has 1 heterocycles. The average Bonchev–Trinajstić information content (AvgIpc) is 3.33. The third-order valence-electron chi connectivity index (χ3n) is 4.69. The molecule has 1 aliphatic carbocycles. The molecule has 1 aromatic carbocycles. The van der Waals surface area contributed by atoms with Crippen molar-refractivity contribution in [1.29, 1.82) is 0 Å². The number of rotatable bonds is 6. The van der Waals surface area contributed by atoms with Crippen molar-refractivity contribution < 1.29 is 0 Å². The van der Waals surface area contributed by atoms with Crippen LogP contribution < -0.4 is 10.6 Å². The van der Waals surface area contributed by atoms with Crippen molar-refractivity contribution in [3.63, 3.8) is 0 Å². The molecule has 6 heteroatoms. The van der Waals surface area contributed by atoms with Gasteiger partial charge >= 0.3 is 0 Å². The van der Waals surface area contributed by atoms with Crippen LogP contribution in [-0.4, -0.2) is 46.9 Å². The van der Waals surface area contributed by atoms with Gasteiger partial charge in [0.15, 0.2) is 5.96 Å². The number of hydrogen-bond donors (Lipinski definition) is 2. The van der Waals surface area contributed by atoms with E-state index in [1.54, 1.807) is 6.20 Å². The lowest BCUT2D eigenvalue weighted by molar-refractivity contribution is 0.614. The second kappa shape index (κ2) is 8.94. The average molecular weight is 358 g/mol. The molecule has 2 unspecified atom stereocenters. The van der Waals surface area contributed by atoms with Gasteiger partial charge in [-0.15, -0.1) is 0 Å². The quantitative estimate of drug-likeness (QED) is 0.617. The fraction of sp³-hybridized carbons (Fsp3) is 0.474. The van der Waals surface area contributed by atoms with Gasteiger partial charge in [0.05, 0.1) is 5.69 Å². The van der Waals surface area contributed by atoms with E-state index >= 15 is 0 Å². The first kappa shape index (κ1) is 17.9. The molecule has 0 radical (unpaired) electrons. The Balaban J connectivity index is 1.43. The number of aliphatic imine (C=N–C) groups is 1. The monoisotopic (exact) mass is 357 g/mol. The molecule has 25 heavy (non-hydrogen) atoms. The highest BCUT2D eigenvalue weighted by molar-refractivity contribution is 7.99. The van der Waals surface area contributed by atoms with E-state index in [0.717, 1.165) is 29.9 Å². The van der Waals surface area contributed by atoms with Crippen LogP contribution in [0, 0.1) is 0 Å². The van der Waals surface area contributed by atoms with Crippen LogP contribution in [0.2, 0.25) is 0 Å². The summed E-state index contributed by atoms with van der Waals surface area (Å²) in [5, 5.41) is 12.0. The Morgan fingerprint density at radius 1 is 1.32 bits per heavy atom. The Bertz CT molecular complexity index is 666. The second-order valence-electron chi connectivity index (χ2n) is 6.38. The van der Waals surface area contributed by atoms with Crippen molar-refractivity contribution in [1.82, 2.24) is 20.4 Å². The first-order valence-corrected chi connectivity index (χ1v) is 10.2. The first-order valence-electron chi connectivity index (χ1n) is 8.87. The molecule has 2 aromatic rings. The Morgan fingerprint density at radius 2 is 2.16 bits per heavy atom. The fourth-order valence-electron chi connectivity index (χ4n) is 3.24. The van der Waals surface area contributed by atoms with Crippen LogP contribution in [-0.2, 0) is 6.42 Å². The molecule has 1 aliphatic rings. The van der Waals surface area contributed by atoms with Crippen molar-refractivity contribution >= 4 is 17.7 Å². The summed E-state index contributed by atoms with van der Waals surface area (Å²) in [4.78, 5) is 4.36. The summed E-state index contributed by atoms with van der Waals surface area (Å²) in [7, 11) is 1.84. The largest absolute Gasteiger partial charge is 0.356 e. The van der Waals surface area contributed by atoms with E-state index < -0.39 is 0 Å². The number of hydrogen-bond acceptors (Lipinski definition) is 3. The molecule has 0 bridgehead atoms. The summed E-state index contributed by atoms with van der Waals surface area (Å²) in [5.74, 6) is 0.917. The zero-order valence-corrected chi connectivity index (χ0v) is 15.8. The number of aromatic nitrogens is 2. The molecule has 5 nitrogen and oxygen atoms in total. The van der Waals surface area contributed by atoms with Crippen LogP contribution in [0.3, 0.4) is 0 Å². The van der Waals surface area contributed by atoms with E-state index in [-0.39, 0.29) is 0 Å². The van der Waals surface area contributed by atoms with Gasteiger partial charge in [-0.3, -0.25) is 4.99 Å². The van der Waals surface area contributed by atoms with E-state index in [1.165, 1.54) is 24.8 Å². The highest BCUT2D eigenvalue weighted by Gasteiger charge is 2.24. The third-order valence-corrected chi connectivity index (χ3v) is 5.79. The topological polar surface area (TPSA) is 54.2 Å². The molecule has 2 atom stereocenters. The molecule has 134 valence electrons. The summed E-state index contributed by atoms with van der Waals surface area (Å²) < 4.78 is 1.87. The minimum absolute atomic E-state index is 0.553. The predicted octanol–water partition coefficient (Wildman–Crippen LogP) is 2.86. The lowest BCUT2D eigenvalue weighted by Gasteiger charge is -2.17. The number of benzene rings is 1. The standard InChI is InChI=1S/C19H27N5S/c1-20-19(23-16-6-9-18(14-16)25-2)21-12-10-15-4-7-17(8-5-15)24-13-3-11-22-24/h3-5,7-8,11,13,16,18H,6,9-10,12,14H2,1-2H3,(H2,20,21,23). The molecule has 1 saturated carbocycles. The van der Waals surface area contributed by atoms with Crippen LogP contribution in [0.5, 0.6) is 0 Å². The van der Waals surface area contributed by atoms with Crippen LogP contribution in [0.1, 0.15) is 24.8 Å². The Morgan fingerprint density at radius 3 is 2.80 bits per heavy atom. The van der Waals surface area contributed by atoms with Crippen LogP contribution in [0.15, 0.2) is 47.7 Å². The maximum Gasteiger partial charge on any atom is 0.191 e. The van der Waals surface area contributed by atoms with Gasteiger partial charge < -0.3 is 10.6 Å². The summed E-state index contributed by atoms with van der Waals surface area (Å²) in [6, 6.07) is 11.0. The van der Waals surface area contributed by atoms with Crippen LogP contribution >= 0.6 is 11.8 Å². The SMILES string of the molecule is CN=C(NCCc1ccc(-n2cccn2)cc1)NC1CCC(SC)C1. The van der Waals surface area contributed by atoms with E-state index in [4.69, 9.17) is 0 Å². The van der Waals surface area contributed by atoms with Crippen molar-refractivity contribution in [2.24, 2.45) is 4.99 Å². The Kier molecular flexibility index (Phi) is 6.39. The smallest absolute Gasteiger partial charge is 0.191 e. The predicted molar refractivity (Wildman–Crippen MR) is 107 cm³/mol. The number of nitrogens with one attached hydrogen (secondary N) is 2. The number of guanidine groups is 1. The summed E-state index contributed by atoms with van der Waals surface area (Å²) in [5.41, 5.74) is 2.39. The van der Waals surface area contributed by atoms with Crippen molar-refractivity contribution in [3.05, 3.63) is 48.3 Å². The molecule has 0 aliphatic heterocycles. The normalized spacial score (nSPS) is 20.6. The highest BCUT2D eigenvalue weighted by atomic mass is 32.2. The summed E-state index contributed by atoms with van der Waals surface area (Å²) in [6.45, 7) is 0.874. The van der Waals surface area contributed by atoms with E-state index in [0.29, 0.717) is 6.04 Å². The zero-order chi connectivity index (χ0) is 17.5. The Hall–Kier alpha value is -1.95. The van der Waals surface area contributed by atoms with Crippen LogP contribution in [0.25, 0.3) is 5.69 Å². The molecule has 0 saturated heterocycles. The van der Waals surface area contributed by atoms with Gasteiger partial charge in [-0.1, -0.05) is 12.1 Å². The molecule has 0 amide bonds. The van der Waals surface area contributed by atoms with Gasteiger partial charge in [0.2, 0.25) is 0 Å². The first-order chi connectivity index (χ1) is 12.3. The third kappa shape index (κ3) is 5.01. The van der Waals surface area contributed by atoms with E-state index in [1.807, 2.05) is 35.8 Å². The number of thioether (sulfide) groups is 1. The van der Waals surface area contributed by atoms with Gasteiger partial charge in [0, 0.05) is 37.3 Å². The van der Waals surface area contributed by atoms with E-state index in [9.17, 15) is 0 Å². The van der Waals surface area contributed by atoms with Gasteiger partial charge in [-0.05, 0) is 55.7 Å². The number of nitrogens with zero attached hydrogens (tertiary/aromatic N) is 3. The maximum absolute atomic E-state index is 4.36. The minimum Gasteiger partial charge on any atom is -0.356 e. The minimum atomic E-state index is 0.553. The van der Waals surface area contributed by atoms with Gasteiger partial charge in [-0.2, -0.15) is 16.9 Å². The summed E-state index contributed by atoms with van der Waals surface area (Å²) >= 11 is 1.98. The van der Waals surface area contributed by atoms with Gasteiger partial charge in [0.1, 0.15) is 0 Å². The molecular formula is C19H27N5S.